The van der Waals surface area contributed by atoms with Crippen molar-refractivity contribution in [3.8, 4) is 0 Å². The van der Waals surface area contributed by atoms with Crippen LogP contribution in [0.25, 0.3) is 0 Å². The number of carbonyl (C=O) groups is 2. The van der Waals surface area contributed by atoms with Gasteiger partial charge >= 0.3 is 0 Å². The molecule has 1 aromatic heterocycles. The molecule has 0 unspecified atom stereocenters. The summed E-state index contributed by atoms with van der Waals surface area (Å²) in [7, 11) is 0. The minimum Gasteiger partial charge on any atom is -0.402 e. The summed E-state index contributed by atoms with van der Waals surface area (Å²) in [6, 6.07) is 3.68. The number of likely N-dealkylation sites (tertiary alicyclic amines) is 1. The summed E-state index contributed by atoms with van der Waals surface area (Å²) in [6.45, 7) is 5.67. The van der Waals surface area contributed by atoms with E-state index in [9.17, 15) is 9.59 Å². The van der Waals surface area contributed by atoms with E-state index in [0.717, 1.165) is 25.1 Å². The third-order valence-corrected chi connectivity index (χ3v) is 3.17. The summed E-state index contributed by atoms with van der Waals surface area (Å²) in [5, 5.41) is 0. The van der Waals surface area contributed by atoms with Gasteiger partial charge in [0.2, 0.25) is 12.8 Å². The largest absolute Gasteiger partial charge is 0.402 e. The number of allylic oxidation sites excluding steroid dienone is 3. The van der Waals surface area contributed by atoms with E-state index in [2.05, 4.69) is 4.98 Å². The van der Waals surface area contributed by atoms with Crippen molar-refractivity contribution in [3.05, 3.63) is 47.9 Å². The first-order chi connectivity index (χ1) is 11.1. The number of aryl methyl sites for hydroxylation is 1. The van der Waals surface area contributed by atoms with E-state index in [4.69, 9.17) is 5.73 Å². The average Bonchev–Trinajstić information content (AvgIpc) is 3.07. The van der Waals surface area contributed by atoms with Crippen LogP contribution in [-0.2, 0) is 9.59 Å². The molecule has 0 saturated carbocycles. The molecule has 0 bridgehead atoms. The van der Waals surface area contributed by atoms with Crippen LogP contribution in [0.1, 0.15) is 25.3 Å². The van der Waals surface area contributed by atoms with Gasteiger partial charge in [0, 0.05) is 31.2 Å². The van der Waals surface area contributed by atoms with Gasteiger partial charge in [-0.3, -0.25) is 14.5 Å². The maximum Gasteiger partial charge on any atom is 0.219 e. The molecule has 0 aliphatic carbocycles. The average molecular weight is 316 g/mol. The number of amides is 2. The zero-order chi connectivity index (χ0) is 17.1. The standard InChI is InChI=1S/C12H15N3O.C5H9NO/c1-10-5-6-12(14-8-10)15(9-16)7-3-4-11(2)13;7-5-6-3-1-2-4-6/h3-9H,13H2,1-2H3;5H,1-4H2/b7-3-,11-4+;. The second-order valence-corrected chi connectivity index (χ2v) is 5.31. The predicted octanol–water partition coefficient (Wildman–Crippen LogP) is 1.97. The van der Waals surface area contributed by atoms with Crippen molar-refractivity contribution in [1.29, 1.82) is 0 Å². The Morgan fingerprint density at radius 2 is 2.00 bits per heavy atom. The van der Waals surface area contributed by atoms with Crippen LogP contribution in [0.5, 0.6) is 0 Å². The van der Waals surface area contributed by atoms with Crippen molar-refractivity contribution in [1.82, 2.24) is 9.88 Å². The number of carbonyl (C=O) groups excluding carboxylic acids is 2. The van der Waals surface area contributed by atoms with E-state index in [1.807, 2.05) is 13.0 Å². The summed E-state index contributed by atoms with van der Waals surface area (Å²) in [6.07, 6.45) is 10.7. The molecule has 1 aromatic rings. The topological polar surface area (TPSA) is 79.5 Å². The zero-order valence-electron chi connectivity index (χ0n) is 13.7. The maximum atomic E-state index is 10.8. The number of nitrogens with two attached hydrogens (primary N) is 1. The summed E-state index contributed by atoms with van der Waals surface area (Å²) in [5.74, 6) is 0.583. The summed E-state index contributed by atoms with van der Waals surface area (Å²) >= 11 is 0. The molecule has 6 nitrogen and oxygen atoms in total. The number of aromatic nitrogens is 1. The summed E-state index contributed by atoms with van der Waals surface area (Å²) in [4.78, 5) is 28.1. The number of nitrogens with zero attached hydrogens (tertiary/aromatic N) is 3. The van der Waals surface area contributed by atoms with Gasteiger partial charge in [-0.25, -0.2) is 4.98 Å². The molecule has 1 saturated heterocycles. The molecule has 2 rings (SSSR count). The fourth-order valence-corrected chi connectivity index (χ4v) is 1.91. The van der Waals surface area contributed by atoms with Crippen molar-refractivity contribution in [3.63, 3.8) is 0 Å². The second kappa shape index (κ2) is 10.2. The fourth-order valence-electron chi connectivity index (χ4n) is 1.91. The van der Waals surface area contributed by atoms with Gasteiger partial charge in [-0.15, -0.1) is 0 Å². The first-order valence-electron chi connectivity index (χ1n) is 7.53. The molecule has 0 radical (unpaired) electrons. The highest BCUT2D eigenvalue weighted by atomic mass is 16.1. The molecule has 2 amide bonds. The molecule has 1 aliphatic rings. The lowest BCUT2D eigenvalue weighted by atomic mass is 10.3. The van der Waals surface area contributed by atoms with Gasteiger partial charge in [-0.2, -0.15) is 0 Å². The monoisotopic (exact) mass is 316 g/mol. The molecule has 0 aromatic carbocycles. The normalized spacial score (nSPS) is 14.3. The molecule has 2 N–H and O–H groups in total. The van der Waals surface area contributed by atoms with Gasteiger partial charge in [0.15, 0.2) is 0 Å². The number of hydrogen-bond donors (Lipinski definition) is 1. The van der Waals surface area contributed by atoms with Crippen molar-refractivity contribution in [2.24, 2.45) is 5.73 Å². The number of hydrogen-bond acceptors (Lipinski definition) is 4. The number of pyridine rings is 1. The van der Waals surface area contributed by atoms with Gasteiger partial charge in [-0.1, -0.05) is 6.07 Å². The first kappa shape index (κ1) is 18.4. The Bertz CT molecular complexity index is 542. The number of anilines is 1. The quantitative estimate of drug-likeness (QED) is 0.665. The van der Waals surface area contributed by atoms with Crippen LogP contribution >= 0.6 is 0 Å². The Morgan fingerprint density at radius 1 is 1.30 bits per heavy atom. The molecule has 0 atom stereocenters. The van der Waals surface area contributed by atoms with Crippen molar-refractivity contribution in [2.75, 3.05) is 18.0 Å². The Balaban J connectivity index is 0.000000313. The maximum absolute atomic E-state index is 10.8. The van der Waals surface area contributed by atoms with Crippen LogP contribution < -0.4 is 10.6 Å². The number of rotatable bonds is 5. The van der Waals surface area contributed by atoms with Crippen LogP contribution in [0.4, 0.5) is 5.82 Å². The third-order valence-electron chi connectivity index (χ3n) is 3.17. The van der Waals surface area contributed by atoms with E-state index in [1.165, 1.54) is 17.7 Å². The van der Waals surface area contributed by atoms with Gasteiger partial charge in [-0.05, 0) is 50.5 Å². The molecule has 23 heavy (non-hydrogen) atoms. The molecule has 0 spiro atoms. The lowest BCUT2D eigenvalue weighted by Gasteiger charge is -2.10. The minimum atomic E-state index is 0.583. The molecular weight excluding hydrogens is 292 g/mol. The van der Waals surface area contributed by atoms with Crippen LogP contribution in [-0.4, -0.2) is 35.8 Å². The third kappa shape index (κ3) is 7.26. The molecule has 1 aliphatic heterocycles. The molecular formula is C17H24N4O2. The van der Waals surface area contributed by atoms with E-state index in [1.54, 1.807) is 42.4 Å². The van der Waals surface area contributed by atoms with Crippen molar-refractivity contribution in [2.45, 2.75) is 26.7 Å². The van der Waals surface area contributed by atoms with Gasteiger partial charge in [0.1, 0.15) is 5.82 Å². The smallest absolute Gasteiger partial charge is 0.219 e. The van der Waals surface area contributed by atoms with Crippen LogP contribution in [0.15, 0.2) is 42.4 Å². The van der Waals surface area contributed by atoms with E-state index in [0.29, 0.717) is 17.9 Å². The Kier molecular flexibility index (Phi) is 8.13. The van der Waals surface area contributed by atoms with E-state index in [-0.39, 0.29) is 0 Å². The highest BCUT2D eigenvalue weighted by Gasteiger charge is 2.06. The fraction of sp³-hybridized carbons (Fsp3) is 0.353. The van der Waals surface area contributed by atoms with Gasteiger partial charge in [0.25, 0.3) is 0 Å². The highest BCUT2D eigenvalue weighted by molar-refractivity contribution is 5.75. The Labute approximate surface area is 137 Å². The Hall–Kier alpha value is -2.63. The van der Waals surface area contributed by atoms with Gasteiger partial charge in [0.05, 0.1) is 0 Å². The molecule has 124 valence electrons. The lowest BCUT2D eigenvalue weighted by molar-refractivity contribution is -0.117. The van der Waals surface area contributed by atoms with Crippen molar-refractivity contribution < 1.29 is 9.59 Å². The van der Waals surface area contributed by atoms with Crippen LogP contribution in [0, 0.1) is 6.92 Å². The molecule has 1 fully saturated rings. The van der Waals surface area contributed by atoms with Gasteiger partial charge < -0.3 is 10.6 Å². The Morgan fingerprint density at radius 3 is 2.43 bits per heavy atom. The summed E-state index contributed by atoms with van der Waals surface area (Å²) < 4.78 is 0. The zero-order valence-corrected chi connectivity index (χ0v) is 13.7. The minimum absolute atomic E-state index is 0.583. The van der Waals surface area contributed by atoms with E-state index >= 15 is 0 Å². The van der Waals surface area contributed by atoms with Crippen LogP contribution in [0.3, 0.4) is 0 Å². The van der Waals surface area contributed by atoms with Crippen molar-refractivity contribution >= 4 is 18.6 Å². The predicted molar refractivity (Wildman–Crippen MR) is 91.5 cm³/mol. The second-order valence-electron chi connectivity index (χ2n) is 5.31. The lowest BCUT2D eigenvalue weighted by Crippen LogP contribution is -2.15. The summed E-state index contributed by atoms with van der Waals surface area (Å²) in [5.41, 5.74) is 7.20. The SMILES string of the molecule is C/C(N)=C\C=C/N(C=O)c1ccc(C)cn1.O=CN1CCCC1. The van der Waals surface area contributed by atoms with Crippen LogP contribution in [0.2, 0.25) is 0 Å². The molecule has 6 heteroatoms. The first-order valence-corrected chi connectivity index (χ1v) is 7.53. The highest BCUT2D eigenvalue weighted by Crippen LogP contribution is 2.09. The molecule has 2 heterocycles. The van der Waals surface area contributed by atoms with E-state index < -0.39 is 0 Å².